The Labute approximate surface area is 111 Å². The highest BCUT2D eigenvalue weighted by Gasteiger charge is 2.51. The highest BCUT2D eigenvalue weighted by atomic mass is 16.2. The smallest absolute Gasteiger partial charge is 0.244 e. The predicted molar refractivity (Wildman–Crippen MR) is 74.3 cm³/mol. The van der Waals surface area contributed by atoms with Gasteiger partial charge in [0.1, 0.15) is 0 Å². The summed E-state index contributed by atoms with van der Waals surface area (Å²) >= 11 is 0. The molecule has 1 saturated heterocycles. The molecule has 1 N–H and O–H groups in total. The van der Waals surface area contributed by atoms with E-state index < -0.39 is 0 Å². The predicted octanol–water partition coefficient (Wildman–Crippen LogP) is 3.05. The molecule has 3 heteroatoms. The van der Waals surface area contributed by atoms with Crippen molar-refractivity contribution in [3.8, 4) is 0 Å². The maximum absolute atomic E-state index is 12.7. The van der Waals surface area contributed by atoms with Crippen LogP contribution in [0.4, 0.5) is 0 Å². The number of rotatable bonds is 6. The Morgan fingerprint density at radius 3 is 2.56 bits per heavy atom. The standard InChI is InChI=1S/C15H28N2O/c1-3-5-8-12-17-13(9-4-2)16-15(14(17)18)10-6-7-11-15/h13,16H,3-12H2,1-2H3. The van der Waals surface area contributed by atoms with E-state index in [2.05, 4.69) is 24.1 Å². The molecule has 2 fully saturated rings. The van der Waals surface area contributed by atoms with Gasteiger partial charge >= 0.3 is 0 Å². The van der Waals surface area contributed by atoms with Crippen molar-refractivity contribution >= 4 is 5.91 Å². The molecule has 1 aliphatic heterocycles. The number of carbonyl (C=O) groups is 1. The molecular weight excluding hydrogens is 224 g/mol. The van der Waals surface area contributed by atoms with Crippen LogP contribution in [0.1, 0.15) is 71.6 Å². The summed E-state index contributed by atoms with van der Waals surface area (Å²) in [5, 5.41) is 3.67. The summed E-state index contributed by atoms with van der Waals surface area (Å²) < 4.78 is 0. The molecule has 1 heterocycles. The molecular formula is C15H28N2O. The maximum atomic E-state index is 12.7. The zero-order valence-electron chi connectivity index (χ0n) is 12.0. The Balaban J connectivity index is 2.01. The highest BCUT2D eigenvalue weighted by molar-refractivity contribution is 5.89. The van der Waals surface area contributed by atoms with E-state index in [4.69, 9.17) is 0 Å². The van der Waals surface area contributed by atoms with Crippen LogP contribution in [0.5, 0.6) is 0 Å². The molecule has 0 aromatic rings. The summed E-state index contributed by atoms with van der Waals surface area (Å²) in [6, 6.07) is 0. The summed E-state index contributed by atoms with van der Waals surface area (Å²) in [6.45, 7) is 5.37. The number of carbonyl (C=O) groups excluding carboxylic acids is 1. The third kappa shape index (κ3) is 2.56. The fourth-order valence-corrected chi connectivity index (χ4v) is 3.50. The molecule has 0 aromatic carbocycles. The van der Waals surface area contributed by atoms with Crippen molar-refractivity contribution in [3.05, 3.63) is 0 Å². The van der Waals surface area contributed by atoms with Crippen molar-refractivity contribution in [1.29, 1.82) is 0 Å². The molecule has 0 radical (unpaired) electrons. The summed E-state index contributed by atoms with van der Waals surface area (Å²) in [6.07, 6.45) is 10.7. The molecule has 1 spiro atoms. The first-order chi connectivity index (χ1) is 8.73. The van der Waals surface area contributed by atoms with Gasteiger partial charge in [0.05, 0.1) is 11.7 Å². The maximum Gasteiger partial charge on any atom is 0.244 e. The largest absolute Gasteiger partial charge is 0.326 e. The van der Waals surface area contributed by atoms with Crippen molar-refractivity contribution in [2.75, 3.05) is 6.54 Å². The van der Waals surface area contributed by atoms with Gasteiger partial charge in [0.25, 0.3) is 0 Å². The van der Waals surface area contributed by atoms with E-state index in [1.165, 1.54) is 25.7 Å². The van der Waals surface area contributed by atoms with E-state index in [1.807, 2.05) is 0 Å². The minimum atomic E-state index is -0.175. The van der Waals surface area contributed by atoms with E-state index in [1.54, 1.807) is 0 Å². The minimum Gasteiger partial charge on any atom is -0.326 e. The molecule has 18 heavy (non-hydrogen) atoms. The van der Waals surface area contributed by atoms with Crippen LogP contribution in [0.3, 0.4) is 0 Å². The number of hydrogen-bond acceptors (Lipinski definition) is 2. The lowest BCUT2D eigenvalue weighted by Gasteiger charge is -2.23. The topological polar surface area (TPSA) is 32.3 Å². The number of amides is 1. The molecule has 3 nitrogen and oxygen atoms in total. The van der Waals surface area contributed by atoms with Crippen LogP contribution in [0.25, 0.3) is 0 Å². The Kier molecular flexibility index (Phi) is 4.66. The van der Waals surface area contributed by atoms with Crippen LogP contribution in [0, 0.1) is 0 Å². The van der Waals surface area contributed by atoms with Gasteiger partial charge in [-0.25, -0.2) is 0 Å². The molecule has 104 valence electrons. The quantitative estimate of drug-likeness (QED) is 0.737. The Morgan fingerprint density at radius 1 is 1.22 bits per heavy atom. The first-order valence-corrected chi connectivity index (χ1v) is 7.82. The average molecular weight is 252 g/mol. The molecule has 0 bridgehead atoms. The van der Waals surface area contributed by atoms with Gasteiger partial charge in [0.2, 0.25) is 5.91 Å². The van der Waals surface area contributed by atoms with Crippen LogP contribution in [-0.4, -0.2) is 29.1 Å². The SMILES string of the molecule is CCCCCN1C(=O)C2(CCCC2)NC1CCC. The van der Waals surface area contributed by atoms with Crippen LogP contribution in [0.2, 0.25) is 0 Å². The Morgan fingerprint density at radius 2 is 1.94 bits per heavy atom. The second-order valence-electron chi connectivity index (χ2n) is 5.94. The zero-order valence-corrected chi connectivity index (χ0v) is 12.0. The zero-order chi connectivity index (χ0) is 13.0. The monoisotopic (exact) mass is 252 g/mol. The summed E-state index contributed by atoms with van der Waals surface area (Å²) in [7, 11) is 0. The number of nitrogens with zero attached hydrogens (tertiary/aromatic N) is 1. The molecule has 1 aliphatic carbocycles. The number of nitrogens with one attached hydrogen (secondary N) is 1. The van der Waals surface area contributed by atoms with Crippen LogP contribution >= 0.6 is 0 Å². The third-order valence-corrected chi connectivity index (χ3v) is 4.51. The van der Waals surface area contributed by atoms with Crippen LogP contribution < -0.4 is 5.32 Å². The van der Waals surface area contributed by atoms with Crippen molar-refractivity contribution in [3.63, 3.8) is 0 Å². The first kappa shape index (κ1) is 13.9. The Bertz CT molecular complexity index is 284. The van der Waals surface area contributed by atoms with E-state index in [0.717, 1.165) is 38.6 Å². The van der Waals surface area contributed by atoms with E-state index in [-0.39, 0.29) is 5.54 Å². The summed E-state index contributed by atoms with van der Waals surface area (Å²) in [5.74, 6) is 0.398. The fourth-order valence-electron chi connectivity index (χ4n) is 3.50. The second-order valence-corrected chi connectivity index (χ2v) is 5.94. The van der Waals surface area contributed by atoms with Crippen LogP contribution in [-0.2, 0) is 4.79 Å². The molecule has 2 rings (SSSR count). The molecule has 2 aliphatic rings. The van der Waals surface area contributed by atoms with Gasteiger partial charge in [-0.15, -0.1) is 0 Å². The summed E-state index contributed by atoms with van der Waals surface area (Å²) in [4.78, 5) is 14.8. The second kappa shape index (κ2) is 6.05. The lowest BCUT2D eigenvalue weighted by molar-refractivity contribution is -0.133. The molecule has 1 amide bonds. The minimum absolute atomic E-state index is 0.175. The van der Waals surface area contributed by atoms with Gasteiger partial charge in [-0.3, -0.25) is 10.1 Å². The lowest BCUT2D eigenvalue weighted by atomic mass is 9.98. The van der Waals surface area contributed by atoms with E-state index in [0.29, 0.717) is 12.1 Å². The van der Waals surface area contributed by atoms with Gasteiger partial charge in [-0.05, 0) is 25.7 Å². The molecule has 1 unspecified atom stereocenters. The van der Waals surface area contributed by atoms with Crippen molar-refractivity contribution in [2.45, 2.75) is 83.3 Å². The van der Waals surface area contributed by atoms with E-state index >= 15 is 0 Å². The normalized spacial score (nSPS) is 26.4. The molecule has 1 saturated carbocycles. The van der Waals surface area contributed by atoms with Gasteiger partial charge in [-0.1, -0.05) is 46.0 Å². The highest BCUT2D eigenvalue weighted by Crippen LogP contribution is 2.37. The molecule has 0 aromatic heterocycles. The van der Waals surface area contributed by atoms with Gasteiger partial charge < -0.3 is 4.90 Å². The van der Waals surface area contributed by atoms with Crippen molar-refractivity contribution < 1.29 is 4.79 Å². The Hall–Kier alpha value is -0.570. The fraction of sp³-hybridized carbons (Fsp3) is 0.933. The van der Waals surface area contributed by atoms with Gasteiger partial charge in [0.15, 0.2) is 0 Å². The van der Waals surface area contributed by atoms with Crippen molar-refractivity contribution in [2.24, 2.45) is 0 Å². The first-order valence-electron chi connectivity index (χ1n) is 7.82. The van der Waals surface area contributed by atoms with Crippen molar-refractivity contribution in [1.82, 2.24) is 10.2 Å². The lowest BCUT2D eigenvalue weighted by Crippen LogP contribution is -2.44. The third-order valence-electron chi connectivity index (χ3n) is 4.51. The summed E-state index contributed by atoms with van der Waals surface area (Å²) in [5.41, 5.74) is -0.175. The molecule has 1 atom stereocenters. The van der Waals surface area contributed by atoms with Gasteiger partial charge in [0, 0.05) is 6.54 Å². The van der Waals surface area contributed by atoms with Crippen LogP contribution in [0.15, 0.2) is 0 Å². The van der Waals surface area contributed by atoms with Gasteiger partial charge in [-0.2, -0.15) is 0 Å². The number of hydrogen-bond donors (Lipinski definition) is 1. The number of unbranched alkanes of at least 4 members (excludes halogenated alkanes) is 2. The van der Waals surface area contributed by atoms with E-state index in [9.17, 15) is 4.79 Å². The average Bonchev–Trinajstić information content (AvgIpc) is 2.92.